The smallest absolute Gasteiger partial charge is 0.153 e. The Balaban J connectivity index is 2.21. The number of halogens is 1. The fraction of sp³-hybridized carbons (Fsp3) is 0. The molecule has 0 atom stereocenters. The molecular formula is C11H8ClN3. The van der Waals surface area contributed by atoms with Crippen LogP contribution in [0.25, 0.3) is 16.9 Å². The number of imidazole rings is 1. The van der Waals surface area contributed by atoms with Crippen LogP contribution in [-0.2, 0) is 0 Å². The van der Waals surface area contributed by atoms with E-state index in [4.69, 9.17) is 11.6 Å². The van der Waals surface area contributed by atoms with Gasteiger partial charge in [0.05, 0.1) is 11.9 Å². The van der Waals surface area contributed by atoms with Crippen LogP contribution in [0.3, 0.4) is 0 Å². The third kappa shape index (κ3) is 1.32. The Bertz CT molecular complexity index is 592. The number of hydrogen-bond donors (Lipinski definition) is 1. The van der Waals surface area contributed by atoms with Gasteiger partial charge in [0.2, 0.25) is 0 Å². The third-order valence-electron chi connectivity index (χ3n) is 2.37. The second kappa shape index (κ2) is 3.14. The van der Waals surface area contributed by atoms with Crippen molar-refractivity contribution in [1.82, 2.24) is 14.6 Å². The zero-order valence-corrected chi connectivity index (χ0v) is 8.57. The van der Waals surface area contributed by atoms with E-state index in [1.807, 2.05) is 47.2 Å². The molecule has 3 rings (SSSR count). The van der Waals surface area contributed by atoms with Gasteiger partial charge in [-0.25, -0.2) is 9.50 Å². The van der Waals surface area contributed by atoms with Crippen LogP contribution in [0.5, 0.6) is 0 Å². The number of nitrogens with one attached hydrogen (secondary N) is 1. The van der Waals surface area contributed by atoms with E-state index in [0.717, 1.165) is 21.9 Å². The minimum Gasteiger partial charge on any atom is -0.299 e. The van der Waals surface area contributed by atoms with Crippen molar-refractivity contribution in [1.29, 1.82) is 0 Å². The lowest BCUT2D eigenvalue weighted by Crippen LogP contribution is -1.86. The summed E-state index contributed by atoms with van der Waals surface area (Å²) in [5.41, 5.74) is 3.04. The minimum atomic E-state index is 0.742. The number of aromatic amines is 1. The Morgan fingerprint density at radius 1 is 1.13 bits per heavy atom. The van der Waals surface area contributed by atoms with E-state index >= 15 is 0 Å². The van der Waals surface area contributed by atoms with Crippen molar-refractivity contribution in [2.24, 2.45) is 0 Å². The summed E-state index contributed by atoms with van der Waals surface area (Å²) < 4.78 is 1.93. The first-order chi connectivity index (χ1) is 7.34. The summed E-state index contributed by atoms with van der Waals surface area (Å²) in [6, 6.07) is 9.64. The lowest BCUT2D eigenvalue weighted by Gasteiger charge is -1.98. The van der Waals surface area contributed by atoms with E-state index in [1.54, 1.807) is 0 Å². The lowest BCUT2D eigenvalue weighted by atomic mass is 10.2. The molecule has 3 nitrogen and oxygen atoms in total. The fourth-order valence-electron chi connectivity index (χ4n) is 1.63. The Morgan fingerprint density at radius 3 is 2.73 bits per heavy atom. The van der Waals surface area contributed by atoms with E-state index in [9.17, 15) is 0 Å². The van der Waals surface area contributed by atoms with Crippen molar-refractivity contribution in [3.8, 4) is 11.3 Å². The van der Waals surface area contributed by atoms with Gasteiger partial charge in [-0.15, -0.1) is 0 Å². The average molecular weight is 218 g/mol. The zero-order chi connectivity index (χ0) is 10.3. The molecule has 0 aliphatic rings. The first kappa shape index (κ1) is 8.56. The molecule has 0 saturated heterocycles. The molecule has 0 unspecified atom stereocenters. The van der Waals surface area contributed by atoms with E-state index in [-0.39, 0.29) is 0 Å². The number of hydrogen-bond acceptors (Lipinski definition) is 1. The standard InChI is InChI=1S/C11H8ClN3/c12-9-3-1-8(2-4-9)10-7-13-11-5-6-14-15(10)11/h1-7,14H. The molecule has 0 amide bonds. The molecule has 4 heteroatoms. The van der Waals surface area contributed by atoms with Crippen molar-refractivity contribution in [2.45, 2.75) is 0 Å². The summed E-state index contributed by atoms with van der Waals surface area (Å²) in [4.78, 5) is 4.28. The molecule has 74 valence electrons. The van der Waals surface area contributed by atoms with E-state index in [0.29, 0.717) is 0 Å². The molecule has 0 bridgehead atoms. The molecule has 15 heavy (non-hydrogen) atoms. The molecule has 2 aromatic heterocycles. The number of H-pyrrole nitrogens is 1. The van der Waals surface area contributed by atoms with Gasteiger partial charge in [0.1, 0.15) is 0 Å². The summed E-state index contributed by atoms with van der Waals surface area (Å²) in [6.45, 7) is 0. The molecule has 1 aromatic carbocycles. The SMILES string of the molecule is Clc1ccc(-c2cnc3cc[nH]n23)cc1. The highest BCUT2D eigenvalue weighted by Crippen LogP contribution is 2.21. The minimum absolute atomic E-state index is 0.742. The number of benzene rings is 1. The number of fused-ring (bicyclic) bond motifs is 1. The Kier molecular flexibility index (Phi) is 1.79. The van der Waals surface area contributed by atoms with Gasteiger partial charge in [-0.05, 0) is 12.1 Å². The van der Waals surface area contributed by atoms with Crippen molar-refractivity contribution >= 4 is 17.2 Å². The van der Waals surface area contributed by atoms with Gasteiger partial charge in [-0.1, -0.05) is 23.7 Å². The fourth-order valence-corrected chi connectivity index (χ4v) is 1.76. The van der Waals surface area contributed by atoms with Crippen molar-refractivity contribution in [2.75, 3.05) is 0 Å². The van der Waals surface area contributed by atoms with Crippen LogP contribution in [0, 0.1) is 0 Å². The van der Waals surface area contributed by atoms with Gasteiger partial charge < -0.3 is 0 Å². The van der Waals surface area contributed by atoms with Gasteiger partial charge >= 0.3 is 0 Å². The summed E-state index contributed by atoms with van der Waals surface area (Å²) >= 11 is 5.84. The number of rotatable bonds is 1. The Hall–Kier alpha value is -1.74. The highest BCUT2D eigenvalue weighted by atomic mass is 35.5. The summed E-state index contributed by atoms with van der Waals surface area (Å²) in [6.07, 6.45) is 3.71. The molecule has 0 aliphatic carbocycles. The second-order valence-corrected chi connectivity index (χ2v) is 3.74. The quantitative estimate of drug-likeness (QED) is 0.668. The van der Waals surface area contributed by atoms with Gasteiger partial charge in [0.15, 0.2) is 5.65 Å². The summed E-state index contributed by atoms with van der Waals surface area (Å²) in [5.74, 6) is 0. The first-order valence-electron chi connectivity index (χ1n) is 4.61. The van der Waals surface area contributed by atoms with Crippen molar-refractivity contribution in [3.63, 3.8) is 0 Å². The number of nitrogens with zero attached hydrogens (tertiary/aromatic N) is 2. The normalized spacial score (nSPS) is 11.0. The van der Waals surface area contributed by atoms with Crippen LogP contribution in [0.4, 0.5) is 0 Å². The predicted molar refractivity (Wildman–Crippen MR) is 60.0 cm³/mol. The van der Waals surface area contributed by atoms with Gasteiger partial charge in [-0.3, -0.25) is 5.10 Å². The summed E-state index contributed by atoms with van der Waals surface area (Å²) in [7, 11) is 0. The highest BCUT2D eigenvalue weighted by Gasteiger charge is 2.05. The van der Waals surface area contributed by atoms with Crippen LogP contribution in [0.2, 0.25) is 5.02 Å². The molecule has 0 saturated carbocycles. The molecule has 1 N–H and O–H groups in total. The van der Waals surface area contributed by atoms with Crippen LogP contribution < -0.4 is 0 Å². The van der Waals surface area contributed by atoms with Crippen LogP contribution in [0.15, 0.2) is 42.7 Å². The van der Waals surface area contributed by atoms with E-state index in [2.05, 4.69) is 10.1 Å². The Morgan fingerprint density at radius 2 is 1.93 bits per heavy atom. The van der Waals surface area contributed by atoms with E-state index < -0.39 is 0 Å². The Labute approximate surface area is 91.3 Å². The number of aromatic nitrogens is 3. The van der Waals surface area contributed by atoms with Crippen LogP contribution in [-0.4, -0.2) is 14.6 Å². The molecule has 0 aliphatic heterocycles. The molecule has 0 fully saturated rings. The maximum atomic E-state index is 5.84. The highest BCUT2D eigenvalue weighted by molar-refractivity contribution is 6.30. The van der Waals surface area contributed by atoms with Crippen molar-refractivity contribution < 1.29 is 0 Å². The molecular weight excluding hydrogens is 210 g/mol. The second-order valence-electron chi connectivity index (χ2n) is 3.31. The third-order valence-corrected chi connectivity index (χ3v) is 2.62. The van der Waals surface area contributed by atoms with Gasteiger partial charge in [0, 0.05) is 22.8 Å². The van der Waals surface area contributed by atoms with Crippen LogP contribution in [0.1, 0.15) is 0 Å². The molecule has 0 radical (unpaired) electrons. The maximum Gasteiger partial charge on any atom is 0.153 e. The first-order valence-corrected chi connectivity index (χ1v) is 4.99. The van der Waals surface area contributed by atoms with E-state index in [1.165, 1.54) is 0 Å². The van der Waals surface area contributed by atoms with Crippen molar-refractivity contribution in [3.05, 3.63) is 47.7 Å². The topological polar surface area (TPSA) is 33.1 Å². The summed E-state index contributed by atoms with van der Waals surface area (Å²) in [5, 5.41) is 3.84. The largest absolute Gasteiger partial charge is 0.299 e. The van der Waals surface area contributed by atoms with Crippen LogP contribution >= 0.6 is 11.6 Å². The zero-order valence-electron chi connectivity index (χ0n) is 7.81. The maximum absolute atomic E-state index is 5.84. The van der Waals surface area contributed by atoms with Gasteiger partial charge in [-0.2, -0.15) is 0 Å². The molecule has 3 aromatic rings. The lowest BCUT2D eigenvalue weighted by molar-refractivity contribution is 0.981. The van der Waals surface area contributed by atoms with Gasteiger partial charge in [0.25, 0.3) is 0 Å². The monoisotopic (exact) mass is 217 g/mol. The molecule has 0 spiro atoms. The predicted octanol–water partition coefficient (Wildman–Crippen LogP) is 2.98. The average Bonchev–Trinajstić information content (AvgIpc) is 2.80. The molecule has 2 heterocycles.